The zero-order valence-corrected chi connectivity index (χ0v) is 15.6. The fourth-order valence-corrected chi connectivity index (χ4v) is 3.64. The minimum atomic E-state index is 0.100. The SMILES string of the molecule is COc1c(/C(C)=C/C(=O)N2CCCCCC2)cc2c(C)coc2c1C. The number of benzene rings is 1. The van der Waals surface area contributed by atoms with Crippen molar-refractivity contribution in [3.8, 4) is 5.75 Å². The van der Waals surface area contributed by atoms with Gasteiger partial charge in [-0.05, 0) is 50.8 Å². The third-order valence-electron chi connectivity index (χ3n) is 5.12. The standard InChI is InChI=1S/C21H27NO3/c1-14(11-19(23)22-9-7-5-6-8-10-22)17-12-18-15(2)13-25-21(18)16(3)20(17)24-4/h11-13H,5-10H2,1-4H3/b14-11+. The van der Waals surface area contributed by atoms with Gasteiger partial charge in [-0.3, -0.25) is 4.79 Å². The van der Waals surface area contributed by atoms with Crippen LogP contribution in [0.5, 0.6) is 5.75 Å². The van der Waals surface area contributed by atoms with Crippen LogP contribution in [-0.4, -0.2) is 31.0 Å². The molecule has 0 radical (unpaired) electrons. The van der Waals surface area contributed by atoms with Crippen LogP contribution in [0.1, 0.15) is 49.3 Å². The first-order valence-corrected chi connectivity index (χ1v) is 9.06. The number of allylic oxidation sites excluding steroid dienone is 1. The Bertz CT molecular complexity index is 808. The molecule has 3 rings (SSSR count). The zero-order chi connectivity index (χ0) is 18.0. The monoisotopic (exact) mass is 341 g/mol. The van der Waals surface area contributed by atoms with Crippen LogP contribution >= 0.6 is 0 Å². The molecule has 0 atom stereocenters. The van der Waals surface area contributed by atoms with Gasteiger partial charge >= 0.3 is 0 Å². The molecule has 2 aromatic rings. The number of likely N-dealkylation sites (tertiary alicyclic amines) is 1. The summed E-state index contributed by atoms with van der Waals surface area (Å²) >= 11 is 0. The normalized spacial score (nSPS) is 16.2. The summed E-state index contributed by atoms with van der Waals surface area (Å²) in [6.07, 6.45) is 8.15. The fraction of sp³-hybridized carbons (Fsp3) is 0.476. The van der Waals surface area contributed by atoms with Crippen molar-refractivity contribution in [3.05, 3.63) is 35.1 Å². The van der Waals surface area contributed by atoms with Crippen molar-refractivity contribution in [1.82, 2.24) is 4.90 Å². The predicted molar refractivity (Wildman–Crippen MR) is 101 cm³/mol. The number of hydrogen-bond acceptors (Lipinski definition) is 3. The average molecular weight is 341 g/mol. The van der Waals surface area contributed by atoms with E-state index < -0.39 is 0 Å². The van der Waals surface area contributed by atoms with Crippen LogP contribution in [0, 0.1) is 13.8 Å². The van der Waals surface area contributed by atoms with Crippen molar-refractivity contribution in [1.29, 1.82) is 0 Å². The summed E-state index contributed by atoms with van der Waals surface area (Å²) in [7, 11) is 1.66. The molecule has 4 nitrogen and oxygen atoms in total. The van der Waals surface area contributed by atoms with E-state index in [0.717, 1.165) is 64.9 Å². The Morgan fingerprint density at radius 1 is 1.20 bits per heavy atom. The van der Waals surface area contributed by atoms with Crippen molar-refractivity contribution in [3.63, 3.8) is 0 Å². The van der Waals surface area contributed by atoms with E-state index in [1.165, 1.54) is 12.8 Å². The van der Waals surface area contributed by atoms with E-state index >= 15 is 0 Å². The van der Waals surface area contributed by atoms with Gasteiger partial charge in [0.25, 0.3) is 0 Å². The Kier molecular flexibility index (Phi) is 5.16. The molecule has 1 aliphatic rings. The minimum Gasteiger partial charge on any atom is -0.496 e. The van der Waals surface area contributed by atoms with Gasteiger partial charge in [0.05, 0.1) is 13.4 Å². The van der Waals surface area contributed by atoms with E-state index in [0.29, 0.717) is 0 Å². The molecule has 1 aliphatic heterocycles. The van der Waals surface area contributed by atoms with Gasteiger partial charge < -0.3 is 14.1 Å². The topological polar surface area (TPSA) is 42.7 Å². The van der Waals surface area contributed by atoms with E-state index in [4.69, 9.17) is 9.15 Å². The second-order valence-electron chi connectivity index (χ2n) is 6.94. The van der Waals surface area contributed by atoms with Crippen LogP contribution in [-0.2, 0) is 4.79 Å². The van der Waals surface area contributed by atoms with Gasteiger partial charge in [-0.2, -0.15) is 0 Å². The number of rotatable bonds is 3. The summed E-state index contributed by atoms with van der Waals surface area (Å²) in [5, 5.41) is 1.07. The maximum absolute atomic E-state index is 12.7. The molecule has 1 aromatic heterocycles. The highest BCUT2D eigenvalue weighted by atomic mass is 16.5. The Labute approximate surface area is 149 Å². The average Bonchev–Trinajstić information content (AvgIpc) is 2.81. The van der Waals surface area contributed by atoms with Gasteiger partial charge in [-0.25, -0.2) is 0 Å². The van der Waals surface area contributed by atoms with E-state index in [1.807, 2.05) is 25.7 Å². The molecule has 1 saturated heterocycles. The minimum absolute atomic E-state index is 0.100. The highest BCUT2D eigenvalue weighted by Gasteiger charge is 2.18. The van der Waals surface area contributed by atoms with Crippen LogP contribution in [0.4, 0.5) is 0 Å². The summed E-state index contributed by atoms with van der Waals surface area (Å²) in [5.74, 6) is 0.877. The molecule has 0 N–H and O–H groups in total. The molecule has 0 aliphatic carbocycles. The number of furan rings is 1. The second kappa shape index (κ2) is 7.34. The molecule has 0 spiro atoms. The van der Waals surface area contributed by atoms with E-state index in [9.17, 15) is 4.79 Å². The number of aryl methyl sites for hydroxylation is 2. The Morgan fingerprint density at radius 3 is 2.52 bits per heavy atom. The van der Waals surface area contributed by atoms with Crippen LogP contribution in [0.2, 0.25) is 0 Å². The van der Waals surface area contributed by atoms with Gasteiger partial charge in [0.1, 0.15) is 11.3 Å². The molecule has 0 bridgehead atoms. The number of amides is 1. The number of nitrogens with zero attached hydrogens (tertiary/aromatic N) is 1. The van der Waals surface area contributed by atoms with Crippen molar-refractivity contribution in [2.75, 3.05) is 20.2 Å². The molecule has 25 heavy (non-hydrogen) atoms. The zero-order valence-electron chi connectivity index (χ0n) is 15.6. The lowest BCUT2D eigenvalue weighted by atomic mass is 9.98. The second-order valence-corrected chi connectivity index (χ2v) is 6.94. The molecule has 4 heteroatoms. The number of carbonyl (C=O) groups excluding carboxylic acids is 1. The van der Waals surface area contributed by atoms with E-state index in [1.54, 1.807) is 19.4 Å². The third kappa shape index (κ3) is 3.44. The summed E-state index contributed by atoms with van der Waals surface area (Å²) in [6.45, 7) is 7.73. The van der Waals surface area contributed by atoms with Crippen molar-refractivity contribution in [2.45, 2.75) is 46.5 Å². The lowest BCUT2D eigenvalue weighted by Gasteiger charge is -2.19. The lowest BCUT2D eigenvalue weighted by molar-refractivity contribution is -0.125. The number of carbonyl (C=O) groups is 1. The molecule has 1 aromatic carbocycles. The van der Waals surface area contributed by atoms with E-state index in [-0.39, 0.29) is 5.91 Å². The molecule has 0 saturated carbocycles. The first-order valence-electron chi connectivity index (χ1n) is 9.06. The van der Waals surface area contributed by atoms with Gasteiger partial charge in [0, 0.05) is 35.7 Å². The molecular formula is C21H27NO3. The van der Waals surface area contributed by atoms with Crippen LogP contribution in [0.25, 0.3) is 16.5 Å². The maximum atomic E-state index is 12.7. The summed E-state index contributed by atoms with van der Waals surface area (Å²) in [5.41, 5.74) is 4.80. The van der Waals surface area contributed by atoms with Crippen molar-refractivity contribution in [2.24, 2.45) is 0 Å². The lowest BCUT2D eigenvalue weighted by Crippen LogP contribution is -2.30. The highest BCUT2D eigenvalue weighted by molar-refractivity contribution is 5.98. The maximum Gasteiger partial charge on any atom is 0.246 e. The number of fused-ring (bicyclic) bond motifs is 1. The Morgan fingerprint density at radius 2 is 1.88 bits per heavy atom. The molecule has 134 valence electrons. The fourth-order valence-electron chi connectivity index (χ4n) is 3.64. The van der Waals surface area contributed by atoms with Gasteiger partial charge in [-0.1, -0.05) is 12.8 Å². The number of ether oxygens (including phenoxy) is 1. The predicted octanol–water partition coefficient (Wildman–Crippen LogP) is 4.86. The largest absolute Gasteiger partial charge is 0.496 e. The van der Waals surface area contributed by atoms with Crippen molar-refractivity contribution >= 4 is 22.4 Å². The number of methoxy groups -OCH3 is 1. The summed E-state index contributed by atoms with van der Waals surface area (Å²) < 4.78 is 11.3. The molecular weight excluding hydrogens is 314 g/mol. The Balaban J connectivity index is 1.99. The smallest absolute Gasteiger partial charge is 0.246 e. The van der Waals surface area contributed by atoms with Gasteiger partial charge in [0.15, 0.2) is 0 Å². The Hall–Kier alpha value is -2.23. The van der Waals surface area contributed by atoms with Crippen LogP contribution in [0.3, 0.4) is 0 Å². The van der Waals surface area contributed by atoms with Gasteiger partial charge in [0.2, 0.25) is 5.91 Å². The summed E-state index contributed by atoms with van der Waals surface area (Å²) in [4.78, 5) is 14.7. The first-order chi connectivity index (χ1) is 12.0. The third-order valence-corrected chi connectivity index (χ3v) is 5.12. The summed E-state index contributed by atoms with van der Waals surface area (Å²) in [6, 6.07) is 2.07. The molecule has 1 fully saturated rings. The first kappa shape index (κ1) is 17.6. The molecule has 2 heterocycles. The highest BCUT2D eigenvalue weighted by Crippen LogP contribution is 2.37. The quantitative estimate of drug-likeness (QED) is 0.749. The van der Waals surface area contributed by atoms with E-state index in [2.05, 4.69) is 6.07 Å². The van der Waals surface area contributed by atoms with Crippen LogP contribution in [0.15, 0.2) is 22.8 Å². The molecule has 0 unspecified atom stereocenters. The van der Waals surface area contributed by atoms with Crippen LogP contribution < -0.4 is 4.74 Å². The van der Waals surface area contributed by atoms with Crippen molar-refractivity contribution < 1.29 is 13.9 Å². The molecule has 1 amide bonds. The number of hydrogen-bond donors (Lipinski definition) is 0. The van der Waals surface area contributed by atoms with Gasteiger partial charge in [-0.15, -0.1) is 0 Å².